The molecule has 3 heterocycles. The molecule has 1 saturated heterocycles. The number of benzene rings is 1. The van der Waals surface area contributed by atoms with Crippen LogP contribution in [0.5, 0.6) is 0 Å². The lowest BCUT2D eigenvalue weighted by atomic mass is 10.1. The van der Waals surface area contributed by atoms with Crippen LogP contribution in [0.3, 0.4) is 0 Å². The molecule has 1 aromatic carbocycles. The Morgan fingerprint density at radius 1 is 1.15 bits per heavy atom. The summed E-state index contributed by atoms with van der Waals surface area (Å²) >= 11 is 6.77. The summed E-state index contributed by atoms with van der Waals surface area (Å²) in [5, 5.41) is 30.5. The van der Waals surface area contributed by atoms with E-state index >= 15 is 0 Å². The molecule has 10 nitrogen and oxygen atoms in total. The van der Waals surface area contributed by atoms with Crippen LogP contribution in [0.4, 0.5) is 17.5 Å². The SMILES string of the molecule is CN1CCN(Cc2cc(C#N)cc(Nc3nc(NC4CC4)c4ncc(C#N)n4n3)c2Cl)CC1. The van der Waals surface area contributed by atoms with Crippen LogP contribution in [-0.4, -0.2) is 68.7 Å². The molecule has 0 radical (unpaired) electrons. The molecule has 0 spiro atoms. The second-order valence-electron chi connectivity index (χ2n) is 8.51. The minimum absolute atomic E-state index is 0.266. The van der Waals surface area contributed by atoms with E-state index in [1.807, 2.05) is 6.07 Å². The number of hydrogen-bond acceptors (Lipinski definition) is 9. The van der Waals surface area contributed by atoms with E-state index in [1.54, 1.807) is 6.07 Å². The monoisotopic (exact) mass is 462 g/mol. The Labute approximate surface area is 196 Å². The van der Waals surface area contributed by atoms with Crippen LogP contribution in [0.15, 0.2) is 18.3 Å². The van der Waals surface area contributed by atoms with Gasteiger partial charge in [0.2, 0.25) is 5.95 Å². The van der Waals surface area contributed by atoms with Gasteiger partial charge in [0.05, 0.1) is 28.5 Å². The number of hydrogen-bond donors (Lipinski definition) is 2. The molecule has 1 aliphatic carbocycles. The van der Waals surface area contributed by atoms with Gasteiger partial charge in [0.15, 0.2) is 17.2 Å². The smallest absolute Gasteiger partial charge is 0.247 e. The molecule has 168 valence electrons. The highest BCUT2D eigenvalue weighted by Crippen LogP contribution is 2.32. The molecule has 0 amide bonds. The predicted octanol–water partition coefficient (Wildman–Crippen LogP) is 2.59. The number of rotatable bonds is 6. The van der Waals surface area contributed by atoms with Crippen LogP contribution in [0.1, 0.15) is 29.7 Å². The van der Waals surface area contributed by atoms with Gasteiger partial charge in [-0.25, -0.2) is 4.98 Å². The Kier molecular flexibility index (Phi) is 5.73. The van der Waals surface area contributed by atoms with Crippen molar-refractivity contribution in [2.45, 2.75) is 25.4 Å². The molecule has 2 fully saturated rings. The number of piperazine rings is 1. The molecule has 3 aromatic rings. The predicted molar refractivity (Wildman–Crippen MR) is 124 cm³/mol. The molecule has 2 aromatic heterocycles. The Morgan fingerprint density at radius 3 is 2.64 bits per heavy atom. The summed E-state index contributed by atoms with van der Waals surface area (Å²) in [5.41, 5.74) is 2.73. The third-order valence-electron chi connectivity index (χ3n) is 5.91. The number of likely N-dealkylation sites (N-methyl/N-ethyl adjacent to an activating group) is 1. The van der Waals surface area contributed by atoms with Crippen LogP contribution in [0, 0.1) is 22.7 Å². The first-order valence-corrected chi connectivity index (χ1v) is 11.2. The van der Waals surface area contributed by atoms with E-state index in [0.717, 1.165) is 44.6 Å². The van der Waals surface area contributed by atoms with Crippen LogP contribution in [-0.2, 0) is 6.54 Å². The lowest BCUT2D eigenvalue weighted by molar-refractivity contribution is 0.148. The average molecular weight is 463 g/mol. The maximum absolute atomic E-state index is 9.59. The molecule has 33 heavy (non-hydrogen) atoms. The van der Waals surface area contributed by atoms with Crippen molar-refractivity contribution in [3.05, 3.63) is 40.2 Å². The Hall–Kier alpha value is -3.44. The van der Waals surface area contributed by atoms with Crippen molar-refractivity contribution in [1.29, 1.82) is 10.5 Å². The zero-order valence-corrected chi connectivity index (χ0v) is 19.0. The molecular weight excluding hydrogens is 440 g/mol. The number of fused-ring (bicyclic) bond motifs is 1. The third kappa shape index (κ3) is 4.55. The topological polar surface area (TPSA) is 121 Å². The highest BCUT2D eigenvalue weighted by Gasteiger charge is 2.24. The fraction of sp³-hybridized carbons (Fsp3) is 0.409. The fourth-order valence-corrected chi connectivity index (χ4v) is 4.07. The largest absolute Gasteiger partial charge is 0.364 e. The van der Waals surface area contributed by atoms with Crippen molar-refractivity contribution < 1.29 is 0 Å². The summed E-state index contributed by atoms with van der Waals surface area (Å²) in [6.07, 6.45) is 3.61. The maximum atomic E-state index is 9.59. The van der Waals surface area contributed by atoms with Gasteiger partial charge in [0.1, 0.15) is 6.07 Å². The molecule has 11 heteroatoms. The fourth-order valence-electron chi connectivity index (χ4n) is 3.85. The number of anilines is 3. The van der Waals surface area contributed by atoms with Crippen molar-refractivity contribution in [3.8, 4) is 12.1 Å². The first-order valence-electron chi connectivity index (χ1n) is 10.9. The molecule has 0 bridgehead atoms. The second kappa shape index (κ2) is 8.83. The average Bonchev–Trinajstić information content (AvgIpc) is 3.53. The lowest BCUT2D eigenvalue weighted by Gasteiger charge is -2.32. The first kappa shape index (κ1) is 21.4. The van der Waals surface area contributed by atoms with Crippen molar-refractivity contribution in [3.63, 3.8) is 0 Å². The van der Waals surface area contributed by atoms with Crippen LogP contribution in [0.25, 0.3) is 5.65 Å². The normalized spacial score (nSPS) is 17.0. The minimum atomic E-state index is 0.266. The minimum Gasteiger partial charge on any atom is -0.364 e. The molecule has 5 rings (SSSR count). The van der Waals surface area contributed by atoms with Crippen LogP contribution >= 0.6 is 11.6 Å². The standard InChI is InChI=1S/C22H23ClN10/c1-31-4-6-32(7-5-31)13-15-8-14(10-24)9-18(19(15)23)28-22-29-20(27-16-2-3-16)21-26-12-17(11-25)33(21)30-22/h8-9,12,16H,2-7,13H2,1H3,(H2,27,28,29,30). The van der Waals surface area contributed by atoms with Crippen LogP contribution < -0.4 is 10.6 Å². The van der Waals surface area contributed by atoms with Crippen molar-refractivity contribution in [1.82, 2.24) is 29.4 Å². The molecule has 0 atom stereocenters. The molecule has 2 N–H and O–H groups in total. The Morgan fingerprint density at radius 2 is 1.94 bits per heavy atom. The van der Waals surface area contributed by atoms with E-state index in [4.69, 9.17) is 11.6 Å². The number of nitriles is 2. The quantitative estimate of drug-likeness (QED) is 0.569. The van der Waals surface area contributed by atoms with Crippen LogP contribution in [0.2, 0.25) is 5.02 Å². The van der Waals surface area contributed by atoms with Gasteiger partial charge < -0.3 is 15.5 Å². The number of aromatic nitrogens is 4. The summed E-state index contributed by atoms with van der Waals surface area (Å²) in [6, 6.07) is 8.19. The molecular formula is C22H23ClN10. The van der Waals surface area contributed by atoms with Crippen molar-refractivity contribution in [2.75, 3.05) is 43.9 Å². The van der Waals surface area contributed by atoms with Gasteiger partial charge in [-0.15, -0.1) is 5.10 Å². The summed E-state index contributed by atoms with van der Waals surface area (Å²) in [5.74, 6) is 0.824. The lowest BCUT2D eigenvalue weighted by Crippen LogP contribution is -2.43. The third-order valence-corrected chi connectivity index (χ3v) is 6.35. The number of halogens is 1. The van der Waals surface area contributed by atoms with E-state index in [9.17, 15) is 10.5 Å². The maximum Gasteiger partial charge on any atom is 0.247 e. The Bertz CT molecular complexity index is 1280. The molecule has 1 saturated carbocycles. The van der Waals surface area contributed by atoms with Gasteiger partial charge in [0.25, 0.3) is 0 Å². The summed E-state index contributed by atoms with van der Waals surface area (Å²) < 4.78 is 1.47. The van der Waals surface area contributed by atoms with E-state index in [0.29, 0.717) is 46.0 Å². The van der Waals surface area contributed by atoms with Gasteiger partial charge in [-0.05, 0) is 37.6 Å². The van der Waals surface area contributed by atoms with Crippen molar-refractivity contribution in [2.24, 2.45) is 0 Å². The van der Waals surface area contributed by atoms with E-state index in [2.05, 4.69) is 54.7 Å². The first-order chi connectivity index (χ1) is 16.0. The zero-order chi connectivity index (χ0) is 22.9. The van der Waals surface area contributed by atoms with E-state index in [-0.39, 0.29) is 5.95 Å². The molecule has 0 unspecified atom stereocenters. The van der Waals surface area contributed by atoms with Gasteiger partial charge in [-0.3, -0.25) is 4.90 Å². The highest BCUT2D eigenvalue weighted by molar-refractivity contribution is 6.34. The number of nitrogens with one attached hydrogen (secondary N) is 2. The summed E-state index contributed by atoms with van der Waals surface area (Å²) in [7, 11) is 2.11. The van der Waals surface area contributed by atoms with Gasteiger partial charge >= 0.3 is 0 Å². The summed E-state index contributed by atoms with van der Waals surface area (Å²) in [4.78, 5) is 13.5. The van der Waals surface area contributed by atoms with E-state index < -0.39 is 0 Å². The second-order valence-corrected chi connectivity index (χ2v) is 8.88. The van der Waals surface area contributed by atoms with Gasteiger partial charge in [-0.2, -0.15) is 20.0 Å². The molecule has 2 aliphatic rings. The number of imidazole rings is 1. The zero-order valence-electron chi connectivity index (χ0n) is 18.2. The van der Waals surface area contributed by atoms with Crippen molar-refractivity contribution >= 4 is 34.7 Å². The van der Waals surface area contributed by atoms with Gasteiger partial charge in [-0.1, -0.05) is 11.6 Å². The highest BCUT2D eigenvalue weighted by atomic mass is 35.5. The van der Waals surface area contributed by atoms with E-state index in [1.165, 1.54) is 10.7 Å². The molecule has 1 aliphatic heterocycles. The van der Waals surface area contributed by atoms with Gasteiger partial charge in [0, 0.05) is 38.8 Å². The Balaban J connectivity index is 1.48. The number of nitrogens with zero attached hydrogens (tertiary/aromatic N) is 8. The summed E-state index contributed by atoms with van der Waals surface area (Å²) in [6.45, 7) is 4.54.